The maximum Gasteiger partial charge on any atom is 0.185 e. The van der Waals surface area contributed by atoms with Gasteiger partial charge in [-0.25, -0.2) is 4.98 Å². The largest absolute Gasteiger partial charge is 0.351 e. The quantitative estimate of drug-likeness (QED) is 0.874. The van der Waals surface area contributed by atoms with Gasteiger partial charge in [-0.2, -0.15) is 0 Å². The van der Waals surface area contributed by atoms with Gasteiger partial charge in [0.05, 0.1) is 0 Å². The van der Waals surface area contributed by atoms with Crippen LogP contribution >= 0.6 is 11.3 Å². The van der Waals surface area contributed by atoms with E-state index >= 15 is 0 Å². The predicted octanol–water partition coefficient (Wildman–Crippen LogP) is 2.88. The van der Waals surface area contributed by atoms with Crippen molar-refractivity contribution in [2.75, 3.05) is 25.5 Å². The molecule has 0 amide bonds. The van der Waals surface area contributed by atoms with Gasteiger partial charge in [-0.1, -0.05) is 19.3 Å². The zero-order chi connectivity index (χ0) is 12.1. The molecule has 1 N–H and O–H groups in total. The summed E-state index contributed by atoms with van der Waals surface area (Å²) in [5, 5.41) is 4.34. The molecule has 0 aromatic carbocycles. The summed E-state index contributed by atoms with van der Waals surface area (Å²) in [4.78, 5) is 8.16. The van der Waals surface area contributed by atoms with Crippen LogP contribution in [-0.4, -0.2) is 25.6 Å². The lowest BCUT2D eigenvalue weighted by Gasteiger charge is -2.26. The van der Waals surface area contributed by atoms with Crippen molar-refractivity contribution < 1.29 is 0 Å². The summed E-state index contributed by atoms with van der Waals surface area (Å²) in [5.41, 5.74) is 0. The van der Waals surface area contributed by atoms with E-state index in [1.165, 1.54) is 48.7 Å². The van der Waals surface area contributed by atoms with Gasteiger partial charge in [0.25, 0.3) is 0 Å². The van der Waals surface area contributed by atoms with E-state index in [1.807, 2.05) is 13.2 Å². The minimum atomic E-state index is 0.880. The van der Waals surface area contributed by atoms with E-state index in [-0.39, 0.29) is 0 Å². The number of nitrogens with zero attached hydrogens (tertiary/aromatic N) is 2. The molecule has 2 rings (SSSR count). The smallest absolute Gasteiger partial charge is 0.185 e. The van der Waals surface area contributed by atoms with Gasteiger partial charge in [0.1, 0.15) is 0 Å². The normalized spacial score (nSPS) is 17.3. The van der Waals surface area contributed by atoms with Crippen LogP contribution in [0.4, 0.5) is 5.13 Å². The molecule has 96 valence electrons. The third kappa shape index (κ3) is 3.68. The highest BCUT2D eigenvalue weighted by atomic mass is 32.1. The molecule has 0 spiro atoms. The molecule has 1 aromatic heterocycles. The summed E-state index contributed by atoms with van der Waals surface area (Å²) in [6.45, 7) is 2.10. The fraction of sp³-hybridized carbons (Fsp3) is 0.769. The first-order chi connectivity index (χ1) is 8.29. The van der Waals surface area contributed by atoms with Crippen LogP contribution in [0.1, 0.15) is 37.0 Å². The van der Waals surface area contributed by atoms with Crippen LogP contribution in [0.5, 0.6) is 0 Å². The Balaban J connectivity index is 1.86. The highest BCUT2D eigenvalue weighted by molar-refractivity contribution is 7.15. The van der Waals surface area contributed by atoms with Crippen molar-refractivity contribution in [3.8, 4) is 0 Å². The SMILES string of the molecule is CNCc1cnc(N(C)CC2CCCCC2)s1. The van der Waals surface area contributed by atoms with Gasteiger partial charge in [-0.3, -0.25) is 0 Å². The van der Waals surface area contributed by atoms with Crippen LogP contribution in [0.15, 0.2) is 6.20 Å². The van der Waals surface area contributed by atoms with Crippen molar-refractivity contribution in [2.24, 2.45) is 5.92 Å². The zero-order valence-corrected chi connectivity index (χ0v) is 11.7. The average molecular weight is 253 g/mol. The van der Waals surface area contributed by atoms with E-state index < -0.39 is 0 Å². The van der Waals surface area contributed by atoms with Gasteiger partial charge in [-0.05, 0) is 25.8 Å². The van der Waals surface area contributed by atoms with Crippen molar-refractivity contribution in [3.05, 3.63) is 11.1 Å². The first-order valence-corrected chi connectivity index (χ1v) is 7.41. The lowest BCUT2D eigenvalue weighted by atomic mass is 9.89. The Kier molecular flexibility index (Phi) is 4.80. The Bertz CT molecular complexity index is 331. The highest BCUT2D eigenvalue weighted by Gasteiger charge is 2.16. The van der Waals surface area contributed by atoms with Crippen LogP contribution in [0, 0.1) is 5.92 Å². The molecule has 0 saturated heterocycles. The number of thiazole rings is 1. The number of aromatic nitrogens is 1. The standard InChI is InChI=1S/C13H23N3S/c1-14-8-12-9-15-13(17-12)16(2)10-11-6-4-3-5-7-11/h9,11,14H,3-8,10H2,1-2H3. The van der Waals surface area contributed by atoms with Gasteiger partial charge < -0.3 is 10.2 Å². The van der Waals surface area contributed by atoms with Crippen LogP contribution in [-0.2, 0) is 6.54 Å². The number of nitrogens with one attached hydrogen (secondary N) is 1. The number of anilines is 1. The molecule has 1 aliphatic carbocycles. The maximum absolute atomic E-state index is 4.50. The fourth-order valence-corrected chi connectivity index (χ4v) is 3.46. The molecule has 3 nitrogen and oxygen atoms in total. The van der Waals surface area contributed by atoms with Gasteiger partial charge >= 0.3 is 0 Å². The molecule has 0 bridgehead atoms. The van der Waals surface area contributed by atoms with Crippen molar-refractivity contribution in [2.45, 2.75) is 38.6 Å². The van der Waals surface area contributed by atoms with E-state index in [0.717, 1.165) is 12.5 Å². The minimum Gasteiger partial charge on any atom is -0.351 e. The molecule has 0 radical (unpaired) electrons. The van der Waals surface area contributed by atoms with E-state index in [1.54, 1.807) is 11.3 Å². The number of hydrogen-bond acceptors (Lipinski definition) is 4. The van der Waals surface area contributed by atoms with Gasteiger partial charge in [-0.15, -0.1) is 11.3 Å². The molecule has 1 aromatic rings. The second-order valence-electron chi connectivity index (χ2n) is 5.02. The van der Waals surface area contributed by atoms with Crippen molar-refractivity contribution >= 4 is 16.5 Å². The molecule has 17 heavy (non-hydrogen) atoms. The topological polar surface area (TPSA) is 28.2 Å². The Morgan fingerprint density at radius 1 is 1.41 bits per heavy atom. The molecular weight excluding hydrogens is 230 g/mol. The lowest BCUT2D eigenvalue weighted by Crippen LogP contribution is -2.26. The van der Waals surface area contributed by atoms with E-state index in [2.05, 4.69) is 22.2 Å². The van der Waals surface area contributed by atoms with Crippen LogP contribution in [0.2, 0.25) is 0 Å². The first kappa shape index (κ1) is 12.8. The Morgan fingerprint density at radius 2 is 2.18 bits per heavy atom. The summed E-state index contributed by atoms with van der Waals surface area (Å²) >= 11 is 1.81. The fourth-order valence-electron chi connectivity index (χ4n) is 2.56. The van der Waals surface area contributed by atoms with E-state index in [4.69, 9.17) is 0 Å². The predicted molar refractivity (Wildman–Crippen MR) is 74.7 cm³/mol. The molecule has 4 heteroatoms. The van der Waals surface area contributed by atoms with Gasteiger partial charge in [0.2, 0.25) is 0 Å². The Labute approximate surface area is 108 Å². The summed E-state index contributed by atoms with van der Waals surface area (Å²) in [7, 11) is 4.15. The summed E-state index contributed by atoms with van der Waals surface area (Å²) in [5.74, 6) is 0.880. The second-order valence-corrected chi connectivity index (χ2v) is 6.12. The van der Waals surface area contributed by atoms with Crippen LogP contribution < -0.4 is 10.2 Å². The van der Waals surface area contributed by atoms with Crippen molar-refractivity contribution in [1.29, 1.82) is 0 Å². The first-order valence-electron chi connectivity index (χ1n) is 6.60. The molecule has 1 heterocycles. The van der Waals surface area contributed by atoms with Gasteiger partial charge in [0.15, 0.2) is 5.13 Å². The van der Waals surface area contributed by atoms with Gasteiger partial charge in [0, 0.05) is 31.2 Å². The molecule has 0 unspecified atom stereocenters. The lowest BCUT2D eigenvalue weighted by molar-refractivity contribution is 0.362. The Hall–Kier alpha value is -0.610. The van der Waals surface area contributed by atoms with E-state index in [0.29, 0.717) is 0 Å². The third-order valence-electron chi connectivity index (χ3n) is 3.48. The van der Waals surface area contributed by atoms with Crippen LogP contribution in [0.25, 0.3) is 0 Å². The molecule has 0 atom stereocenters. The molecule has 1 fully saturated rings. The maximum atomic E-state index is 4.50. The summed E-state index contributed by atoms with van der Waals surface area (Å²) < 4.78 is 0. The second kappa shape index (κ2) is 6.36. The zero-order valence-electron chi connectivity index (χ0n) is 10.9. The number of rotatable bonds is 5. The van der Waals surface area contributed by atoms with E-state index in [9.17, 15) is 0 Å². The monoisotopic (exact) mass is 253 g/mol. The van der Waals surface area contributed by atoms with Crippen LogP contribution in [0.3, 0.4) is 0 Å². The summed E-state index contributed by atoms with van der Waals surface area (Å²) in [6.07, 6.45) is 9.07. The third-order valence-corrected chi connectivity index (χ3v) is 4.59. The molecule has 0 aliphatic heterocycles. The van der Waals surface area contributed by atoms with Crippen molar-refractivity contribution in [3.63, 3.8) is 0 Å². The molecule has 1 saturated carbocycles. The molecule has 1 aliphatic rings. The average Bonchev–Trinajstić information content (AvgIpc) is 2.79. The van der Waals surface area contributed by atoms with Crippen molar-refractivity contribution in [1.82, 2.24) is 10.3 Å². The molecular formula is C13H23N3S. The highest BCUT2D eigenvalue weighted by Crippen LogP contribution is 2.27. The minimum absolute atomic E-state index is 0.880. The number of hydrogen-bond donors (Lipinski definition) is 1. The summed E-state index contributed by atoms with van der Waals surface area (Å²) in [6, 6.07) is 0. The Morgan fingerprint density at radius 3 is 2.88 bits per heavy atom.